The summed E-state index contributed by atoms with van der Waals surface area (Å²) in [5.41, 5.74) is 5.67. The van der Waals surface area contributed by atoms with E-state index < -0.39 is 0 Å². The van der Waals surface area contributed by atoms with E-state index in [1.807, 2.05) is 24.3 Å². The Morgan fingerprint density at radius 1 is 1.38 bits per heavy atom. The second-order valence-corrected chi connectivity index (χ2v) is 4.34. The van der Waals surface area contributed by atoms with E-state index in [1.54, 1.807) is 0 Å². The van der Waals surface area contributed by atoms with Gasteiger partial charge in [-0.25, -0.2) is 0 Å². The van der Waals surface area contributed by atoms with Crippen LogP contribution in [0.15, 0.2) is 28.7 Å². The van der Waals surface area contributed by atoms with Crippen LogP contribution in [0.1, 0.15) is 6.42 Å². The summed E-state index contributed by atoms with van der Waals surface area (Å²) in [5.74, 6) is 1.49. The first-order valence-electron chi connectivity index (χ1n) is 4.39. The average Bonchev–Trinajstić information content (AvgIpc) is 2.81. The van der Waals surface area contributed by atoms with Crippen LogP contribution in [0.2, 0.25) is 0 Å². The summed E-state index contributed by atoms with van der Waals surface area (Å²) in [5, 5.41) is 0. The zero-order valence-electron chi connectivity index (χ0n) is 7.24. The smallest absolute Gasteiger partial charge is 0.119 e. The van der Waals surface area contributed by atoms with E-state index in [2.05, 4.69) is 15.9 Å². The molecule has 0 spiro atoms. The number of rotatable bonds is 3. The summed E-state index contributed by atoms with van der Waals surface area (Å²) in [6.07, 6.45) is 1.11. The number of hydrogen-bond donors (Lipinski definition) is 1. The lowest BCUT2D eigenvalue weighted by Gasteiger charge is -2.04. The molecule has 1 aromatic carbocycles. The standard InChI is InChI=1S/C10H12BrNO/c11-8-1-3-9(4-2-8)13-6-7-5-10(7)12/h1-4,7,10H,5-6,12H2. The molecule has 1 saturated carbocycles. The molecule has 0 radical (unpaired) electrons. The summed E-state index contributed by atoms with van der Waals surface area (Å²) in [6.45, 7) is 0.753. The van der Waals surface area contributed by atoms with Gasteiger partial charge in [-0.15, -0.1) is 0 Å². The van der Waals surface area contributed by atoms with Gasteiger partial charge in [0.25, 0.3) is 0 Å². The van der Waals surface area contributed by atoms with Crippen molar-refractivity contribution < 1.29 is 4.74 Å². The van der Waals surface area contributed by atoms with Gasteiger partial charge in [0.05, 0.1) is 6.61 Å². The van der Waals surface area contributed by atoms with Crippen LogP contribution >= 0.6 is 15.9 Å². The zero-order valence-corrected chi connectivity index (χ0v) is 8.83. The quantitative estimate of drug-likeness (QED) is 0.881. The fourth-order valence-electron chi connectivity index (χ4n) is 1.20. The molecule has 0 heterocycles. The van der Waals surface area contributed by atoms with Gasteiger partial charge in [0.2, 0.25) is 0 Å². The van der Waals surface area contributed by atoms with Gasteiger partial charge < -0.3 is 10.5 Å². The predicted molar refractivity (Wildman–Crippen MR) is 55.7 cm³/mol. The number of nitrogens with two attached hydrogens (primary N) is 1. The maximum absolute atomic E-state index is 5.67. The average molecular weight is 242 g/mol. The molecule has 0 saturated heterocycles. The highest BCUT2D eigenvalue weighted by atomic mass is 79.9. The van der Waals surface area contributed by atoms with Gasteiger partial charge in [0.15, 0.2) is 0 Å². The van der Waals surface area contributed by atoms with Crippen LogP contribution in [-0.4, -0.2) is 12.6 Å². The summed E-state index contributed by atoms with van der Waals surface area (Å²) in [6, 6.07) is 8.23. The molecule has 0 aromatic heterocycles. The van der Waals surface area contributed by atoms with Crippen LogP contribution in [-0.2, 0) is 0 Å². The molecule has 1 aromatic rings. The van der Waals surface area contributed by atoms with Crippen molar-refractivity contribution in [3.05, 3.63) is 28.7 Å². The molecule has 1 aliphatic carbocycles. The number of halogens is 1. The fourth-order valence-corrected chi connectivity index (χ4v) is 1.46. The molecule has 2 nitrogen and oxygen atoms in total. The maximum atomic E-state index is 5.67. The Morgan fingerprint density at radius 2 is 2.00 bits per heavy atom. The number of ether oxygens (including phenoxy) is 1. The van der Waals surface area contributed by atoms with Crippen LogP contribution in [0.5, 0.6) is 5.75 Å². The molecule has 70 valence electrons. The van der Waals surface area contributed by atoms with E-state index in [1.165, 1.54) is 0 Å². The molecule has 2 unspecified atom stereocenters. The molecule has 3 heteroatoms. The lowest BCUT2D eigenvalue weighted by Crippen LogP contribution is -2.08. The Bertz CT molecular complexity index is 285. The minimum Gasteiger partial charge on any atom is -0.493 e. The van der Waals surface area contributed by atoms with Crippen molar-refractivity contribution in [1.82, 2.24) is 0 Å². The van der Waals surface area contributed by atoms with Gasteiger partial charge in [-0.3, -0.25) is 0 Å². The molecule has 2 rings (SSSR count). The van der Waals surface area contributed by atoms with Gasteiger partial charge in [-0.2, -0.15) is 0 Å². The van der Waals surface area contributed by atoms with Crippen molar-refractivity contribution in [2.45, 2.75) is 12.5 Å². The van der Waals surface area contributed by atoms with Gasteiger partial charge in [0.1, 0.15) is 5.75 Å². The van der Waals surface area contributed by atoms with Crippen molar-refractivity contribution in [1.29, 1.82) is 0 Å². The Morgan fingerprint density at radius 3 is 2.54 bits per heavy atom. The first-order chi connectivity index (χ1) is 6.25. The third kappa shape index (κ3) is 2.45. The maximum Gasteiger partial charge on any atom is 0.119 e. The predicted octanol–water partition coefficient (Wildman–Crippen LogP) is 2.18. The summed E-state index contributed by atoms with van der Waals surface area (Å²) in [7, 11) is 0. The highest BCUT2D eigenvalue weighted by Crippen LogP contribution is 2.28. The van der Waals surface area contributed by atoms with E-state index in [0.717, 1.165) is 23.2 Å². The molecule has 0 aliphatic heterocycles. The van der Waals surface area contributed by atoms with Crippen molar-refractivity contribution in [3.8, 4) is 5.75 Å². The summed E-state index contributed by atoms with van der Waals surface area (Å²) < 4.78 is 6.63. The Labute approximate surface area is 86.2 Å². The Kier molecular flexibility index (Phi) is 2.56. The van der Waals surface area contributed by atoms with E-state index >= 15 is 0 Å². The van der Waals surface area contributed by atoms with Gasteiger partial charge >= 0.3 is 0 Å². The molecule has 2 atom stereocenters. The van der Waals surface area contributed by atoms with Crippen LogP contribution in [0.4, 0.5) is 0 Å². The van der Waals surface area contributed by atoms with Crippen molar-refractivity contribution in [3.63, 3.8) is 0 Å². The lowest BCUT2D eigenvalue weighted by atomic mass is 10.3. The second kappa shape index (κ2) is 3.68. The monoisotopic (exact) mass is 241 g/mol. The van der Waals surface area contributed by atoms with E-state index in [0.29, 0.717) is 12.0 Å². The molecule has 13 heavy (non-hydrogen) atoms. The fraction of sp³-hybridized carbons (Fsp3) is 0.400. The van der Waals surface area contributed by atoms with E-state index in [9.17, 15) is 0 Å². The first kappa shape index (κ1) is 9.03. The molecule has 0 amide bonds. The van der Waals surface area contributed by atoms with Gasteiger partial charge in [0, 0.05) is 16.4 Å². The number of hydrogen-bond acceptors (Lipinski definition) is 2. The van der Waals surface area contributed by atoms with Crippen molar-refractivity contribution >= 4 is 15.9 Å². The van der Waals surface area contributed by atoms with Gasteiger partial charge in [-0.05, 0) is 30.7 Å². The van der Waals surface area contributed by atoms with Gasteiger partial charge in [-0.1, -0.05) is 15.9 Å². The van der Waals surface area contributed by atoms with Crippen molar-refractivity contribution in [2.75, 3.05) is 6.61 Å². The molecule has 0 bridgehead atoms. The highest BCUT2D eigenvalue weighted by Gasteiger charge is 2.33. The summed E-state index contributed by atoms with van der Waals surface area (Å²) in [4.78, 5) is 0. The second-order valence-electron chi connectivity index (χ2n) is 3.42. The number of benzene rings is 1. The first-order valence-corrected chi connectivity index (χ1v) is 5.19. The molecule has 1 aliphatic rings. The minimum atomic E-state index is 0.371. The summed E-state index contributed by atoms with van der Waals surface area (Å²) >= 11 is 3.37. The van der Waals surface area contributed by atoms with E-state index in [-0.39, 0.29) is 0 Å². The normalized spacial score (nSPS) is 25.7. The third-order valence-electron chi connectivity index (χ3n) is 2.25. The Hall–Kier alpha value is -0.540. The lowest BCUT2D eigenvalue weighted by molar-refractivity contribution is 0.297. The highest BCUT2D eigenvalue weighted by molar-refractivity contribution is 9.10. The van der Waals surface area contributed by atoms with Crippen LogP contribution in [0, 0.1) is 5.92 Å². The topological polar surface area (TPSA) is 35.2 Å². The van der Waals surface area contributed by atoms with Crippen LogP contribution in [0.25, 0.3) is 0 Å². The zero-order chi connectivity index (χ0) is 9.26. The minimum absolute atomic E-state index is 0.371. The van der Waals surface area contributed by atoms with Crippen LogP contribution in [0.3, 0.4) is 0 Å². The van der Waals surface area contributed by atoms with Crippen molar-refractivity contribution in [2.24, 2.45) is 11.7 Å². The SMILES string of the molecule is NC1CC1COc1ccc(Br)cc1. The van der Waals surface area contributed by atoms with Crippen LogP contribution < -0.4 is 10.5 Å². The largest absolute Gasteiger partial charge is 0.493 e. The molecular formula is C10H12BrNO. The molecule has 2 N–H and O–H groups in total. The molecule has 1 fully saturated rings. The Balaban J connectivity index is 1.84. The molecular weight excluding hydrogens is 230 g/mol. The van der Waals surface area contributed by atoms with E-state index in [4.69, 9.17) is 10.5 Å². The third-order valence-corrected chi connectivity index (χ3v) is 2.78.